The van der Waals surface area contributed by atoms with Crippen LogP contribution in [0.15, 0.2) is 41.4 Å². The number of benzene rings is 2. The van der Waals surface area contributed by atoms with E-state index in [1.807, 2.05) is 32.1 Å². The number of aryl methyl sites for hydroxylation is 3. The summed E-state index contributed by atoms with van der Waals surface area (Å²) in [5, 5.41) is 0. The van der Waals surface area contributed by atoms with E-state index in [1.54, 1.807) is 7.11 Å². The molecule has 222 valence electrons. The molecule has 2 aromatic carbocycles. The number of aliphatic imine (C=N–C) groups is 1. The number of ether oxygens (including phenoxy) is 2. The summed E-state index contributed by atoms with van der Waals surface area (Å²) >= 11 is 0. The van der Waals surface area contributed by atoms with Gasteiger partial charge < -0.3 is 31.5 Å². The lowest BCUT2D eigenvalue weighted by molar-refractivity contribution is -0.0980. The van der Waals surface area contributed by atoms with Crippen LogP contribution in [-0.2, 0) is 24.1 Å². The smallest absolute Gasteiger partial charge is 0.149 e. The van der Waals surface area contributed by atoms with E-state index < -0.39 is 0 Å². The van der Waals surface area contributed by atoms with Crippen molar-refractivity contribution < 1.29 is 14.3 Å². The van der Waals surface area contributed by atoms with Gasteiger partial charge in [-0.15, -0.1) is 0 Å². The van der Waals surface area contributed by atoms with Gasteiger partial charge >= 0.3 is 0 Å². The summed E-state index contributed by atoms with van der Waals surface area (Å²) in [5.41, 5.74) is 26.4. The van der Waals surface area contributed by atoms with E-state index in [0.29, 0.717) is 23.9 Å². The maximum atomic E-state index is 8.00. The van der Waals surface area contributed by atoms with Gasteiger partial charge in [0.2, 0.25) is 0 Å². The fraction of sp³-hybridized carbons (Fsp3) is 0.424. The summed E-state index contributed by atoms with van der Waals surface area (Å²) in [6.45, 7) is 10.5. The number of nitrogens with two attached hydrogens (primary N) is 3. The quantitative estimate of drug-likeness (QED) is 0.271. The molecule has 0 spiro atoms. The Morgan fingerprint density at radius 2 is 1.88 bits per heavy atom. The van der Waals surface area contributed by atoms with Crippen LogP contribution in [0.4, 0.5) is 5.69 Å². The van der Waals surface area contributed by atoms with Crippen molar-refractivity contribution >= 4 is 18.7 Å². The summed E-state index contributed by atoms with van der Waals surface area (Å²) in [6, 6.07) is 12.9. The summed E-state index contributed by atoms with van der Waals surface area (Å²) in [4.78, 5) is 17.1. The van der Waals surface area contributed by atoms with E-state index >= 15 is 0 Å². The molecule has 0 bridgehead atoms. The predicted molar refractivity (Wildman–Crippen MR) is 170 cm³/mol. The molecule has 8 nitrogen and oxygen atoms in total. The van der Waals surface area contributed by atoms with Crippen molar-refractivity contribution in [1.82, 2.24) is 4.98 Å². The molecule has 0 saturated carbocycles. The zero-order valence-electron chi connectivity index (χ0n) is 25.3. The molecule has 8 heteroatoms. The lowest BCUT2D eigenvalue weighted by atomic mass is 9.98. The fourth-order valence-corrected chi connectivity index (χ4v) is 4.97. The Morgan fingerprint density at radius 1 is 1.15 bits per heavy atom. The molecule has 0 fully saturated rings. The van der Waals surface area contributed by atoms with Gasteiger partial charge in [-0.1, -0.05) is 26.0 Å². The topological polar surface area (TPSA) is 139 Å². The summed E-state index contributed by atoms with van der Waals surface area (Å²) in [7, 11) is 3.12. The van der Waals surface area contributed by atoms with E-state index in [9.17, 15) is 0 Å². The highest BCUT2D eigenvalue weighted by Crippen LogP contribution is 2.41. The monoisotopic (exact) mass is 561 g/mol. The van der Waals surface area contributed by atoms with Crippen molar-refractivity contribution in [3.05, 3.63) is 69.9 Å². The van der Waals surface area contributed by atoms with E-state index in [1.165, 1.54) is 48.6 Å². The number of carbonyl (C=O) groups is 1. The van der Waals surface area contributed by atoms with Crippen LogP contribution >= 0.6 is 0 Å². The van der Waals surface area contributed by atoms with Crippen molar-refractivity contribution in [3.63, 3.8) is 0 Å². The third-order valence-electron chi connectivity index (χ3n) is 6.96. The molecule has 0 saturated heterocycles. The minimum Gasteiger partial charge on any atom is -0.495 e. The van der Waals surface area contributed by atoms with Gasteiger partial charge in [-0.3, -0.25) is 4.99 Å². The van der Waals surface area contributed by atoms with Crippen molar-refractivity contribution in [2.45, 2.75) is 58.8 Å². The Morgan fingerprint density at radius 3 is 2.56 bits per heavy atom. The lowest BCUT2D eigenvalue weighted by Crippen LogP contribution is -2.06. The molecule has 41 heavy (non-hydrogen) atoms. The van der Waals surface area contributed by atoms with Crippen LogP contribution in [0.3, 0.4) is 0 Å². The average molecular weight is 562 g/mol. The van der Waals surface area contributed by atoms with E-state index in [-0.39, 0.29) is 0 Å². The third kappa shape index (κ3) is 8.62. The second kappa shape index (κ2) is 17.1. The Bertz CT molecular complexity index is 1290. The van der Waals surface area contributed by atoms with Crippen molar-refractivity contribution in [1.29, 1.82) is 0 Å². The SMILES string of the molecule is C=O.CC1COc2c1cc(CCN)nc2-c1ccc2c(c1)CCC2.CCCN=Cc1cc(C)cc(OC)c1N.CN. The standard InChI is InChI=1S/C19H22N2O.C12H18N2O.CH5N.CH2O/c1-12-11-22-19-17(12)10-16(7-8-20)21-18(19)15-6-5-13-3-2-4-14(13)9-15;1-4-5-14-8-10-6-9(2)7-11(15-3)12(10)13;2*1-2/h5-6,9-10,12H,2-4,7-8,11,20H2,1H3;6-8H,4-5,13H2,1-3H3;2H2,1H3;1H2. The van der Waals surface area contributed by atoms with Gasteiger partial charge in [0, 0.05) is 47.5 Å². The summed E-state index contributed by atoms with van der Waals surface area (Å²) in [6.07, 6.45) is 7.34. The van der Waals surface area contributed by atoms with Gasteiger partial charge in [-0.25, -0.2) is 4.98 Å². The van der Waals surface area contributed by atoms with Crippen molar-refractivity contribution in [3.8, 4) is 22.8 Å². The zero-order valence-corrected chi connectivity index (χ0v) is 25.3. The number of nitrogen functional groups attached to an aromatic ring is 1. The Kier molecular flexibility index (Phi) is 14.0. The minimum atomic E-state index is 0.433. The van der Waals surface area contributed by atoms with Gasteiger partial charge in [-0.05, 0) is 87.2 Å². The molecule has 0 amide bonds. The van der Waals surface area contributed by atoms with Crippen molar-refractivity contribution in [2.24, 2.45) is 16.5 Å². The highest BCUT2D eigenvalue weighted by molar-refractivity contribution is 5.89. The lowest BCUT2D eigenvalue weighted by Gasteiger charge is -2.12. The second-order valence-electron chi connectivity index (χ2n) is 9.97. The number of aromatic nitrogens is 1. The molecular weight excluding hydrogens is 514 g/mol. The number of methoxy groups -OCH3 is 1. The molecule has 2 heterocycles. The Balaban J connectivity index is 0.000000272. The van der Waals surface area contributed by atoms with E-state index in [2.05, 4.69) is 48.8 Å². The van der Waals surface area contributed by atoms with Crippen LogP contribution < -0.4 is 26.7 Å². The number of fused-ring (bicyclic) bond motifs is 2. The van der Waals surface area contributed by atoms with Gasteiger partial charge in [0.05, 0.1) is 19.4 Å². The van der Waals surface area contributed by atoms with Crippen LogP contribution in [0.5, 0.6) is 11.5 Å². The maximum Gasteiger partial charge on any atom is 0.149 e. The molecule has 1 unspecified atom stereocenters. The van der Waals surface area contributed by atoms with Crippen LogP contribution in [-0.4, -0.2) is 51.8 Å². The number of nitrogens with zero attached hydrogens (tertiary/aromatic N) is 2. The molecule has 1 aliphatic carbocycles. The number of rotatable bonds is 7. The third-order valence-corrected chi connectivity index (χ3v) is 6.96. The van der Waals surface area contributed by atoms with Gasteiger partial charge in [-0.2, -0.15) is 0 Å². The number of carbonyl (C=O) groups excluding carboxylic acids is 1. The normalized spacial score (nSPS) is 14.4. The first kappa shape index (κ1) is 33.5. The van der Waals surface area contributed by atoms with Crippen LogP contribution in [0.1, 0.15) is 66.1 Å². The Hall–Kier alpha value is -3.75. The first-order valence-corrected chi connectivity index (χ1v) is 14.2. The van der Waals surface area contributed by atoms with Crippen LogP contribution in [0, 0.1) is 6.92 Å². The molecular formula is C33H47N5O3. The number of hydrogen-bond acceptors (Lipinski definition) is 8. The molecule has 2 aliphatic rings. The average Bonchev–Trinajstić information content (AvgIpc) is 3.63. The van der Waals surface area contributed by atoms with E-state index in [4.69, 9.17) is 30.7 Å². The van der Waals surface area contributed by atoms with Gasteiger partial charge in [0.1, 0.15) is 24.0 Å². The first-order valence-electron chi connectivity index (χ1n) is 14.2. The van der Waals surface area contributed by atoms with E-state index in [0.717, 1.165) is 54.3 Å². The highest BCUT2D eigenvalue weighted by atomic mass is 16.5. The zero-order chi connectivity index (χ0) is 30.4. The first-order chi connectivity index (χ1) is 19.9. The van der Waals surface area contributed by atoms with Crippen molar-refractivity contribution in [2.75, 3.05) is 39.6 Å². The largest absolute Gasteiger partial charge is 0.495 e. The van der Waals surface area contributed by atoms with Crippen LogP contribution in [0.2, 0.25) is 0 Å². The molecule has 1 aromatic heterocycles. The predicted octanol–water partition coefficient (Wildman–Crippen LogP) is 5.04. The summed E-state index contributed by atoms with van der Waals surface area (Å²) < 4.78 is 11.1. The molecule has 1 atom stereocenters. The van der Waals surface area contributed by atoms with Crippen LogP contribution in [0.25, 0.3) is 11.3 Å². The molecule has 1 aliphatic heterocycles. The number of anilines is 1. The molecule has 5 rings (SSSR count). The number of pyridine rings is 1. The summed E-state index contributed by atoms with van der Waals surface area (Å²) in [5.74, 6) is 2.13. The molecule has 0 radical (unpaired) electrons. The minimum absolute atomic E-state index is 0.433. The molecule has 6 N–H and O–H groups in total. The number of hydrogen-bond donors (Lipinski definition) is 3. The van der Waals surface area contributed by atoms with Gasteiger partial charge in [0.25, 0.3) is 0 Å². The fourth-order valence-electron chi connectivity index (χ4n) is 4.97. The molecule has 3 aromatic rings. The maximum absolute atomic E-state index is 8.00. The second-order valence-corrected chi connectivity index (χ2v) is 9.97. The Labute approximate surface area is 245 Å². The van der Waals surface area contributed by atoms with Gasteiger partial charge in [0.15, 0.2) is 0 Å². The highest BCUT2D eigenvalue weighted by Gasteiger charge is 2.26.